The summed E-state index contributed by atoms with van der Waals surface area (Å²) in [6.07, 6.45) is 0. The molecule has 0 aliphatic rings. The number of hydrogen-bond donors (Lipinski definition) is 1. The molecule has 0 aromatic heterocycles. The molecule has 0 unspecified atom stereocenters. The van der Waals surface area contributed by atoms with E-state index in [1.807, 2.05) is 0 Å². The van der Waals surface area contributed by atoms with Gasteiger partial charge in [-0.25, -0.2) is 0 Å². The summed E-state index contributed by atoms with van der Waals surface area (Å²) in [4.78, 5) is 10.4. The summed E-state index contributed by atoms with van der Waals surface area (Å²) in [5.74, 6) is 0.501. The van der Waals surface area contributed by atoms with E-state index in [0.717, 1.165) is 0 Å². The van der Waals surface area contributed by atoms with Gasteiger partial charge < -0.3 is 4.74 Å². The Morgan fingerprint density at radius 1 is 1.62 bits per heavy atom. The maximum Gasteiger partial charge on any atom is 0.284 e. The predicted molar refractivity (Wildman–Crippen MR) is 54.6 cm³/mol. The molecule has 1 aromatic rings. The maximum absolute atomic E-state index is 10.5. The Hall–Kier alpha value is -0.750. The number of methoxy groups -OCH3 is 1. The average molecular weight is 264 g/mol. The lowest BCUT2D eigenvalue weighted by Crippen LogP contribution is -1.92. The van der Waals surface area contributed by atoms with Crippen molar-refractivity contribution in [3.8, 4) is 5.75 Å². The third-order valence-corrected chi connectivity index (χ3v) is 3.03. The highest BCUT2D eigenvalue weighted by molar-refractivity contribution is 9.10. The molecular weight excluding hydrogens is 258 g/mol. The molecule has 0 saturated heterocycles. The smallest absolute Gasteiger partial charge is 0.284 e. The molecule has 0 aliphatic carbocycles. The maximum atomic E-state index is 10.5. The zero-order valence-electron chi connectivity index (χ0n) is 6.65. The number of benzene rings is 1. The van der Waals surface area contributed by atoms with E-state index in [2.05, 4.69) is 28.6 Å². The average Bonchev–Trinajstić information content (AvgIpc) is 2.09. The standard InChI is InChI=1S/C7H6BrNO3S/c1-12-5-3-2-4(9(10)11)6(8)7(5)13/h2-3,13H,1H3. The normalized spacial score (nSPS) is 9.77. The summed E-state index contributed by atoms with van der Waals surface area (Å²) in [5.41, 5.74) is -0.0224. The van der Waals surface area contributed by atoms with Gasteiger partial charge in [-0.3, -0.25) is 10.1 Å². The van der Waals surface area contributed by atoms with E-state index in [4.69, 9.17) is 4.74 Å². The van der Waals surface area contributed by atoms with Gasteiger partial charge in [0.25, 0.3) is 5.69 Å². The van der Waals surface area contributed by atoms with E-state index in [9.17, 15) is 10.1 Å². The van der Waals surface area contributed by atoms with Crippen molar-refractivity contribution in [2.24, 2.45) is 0 Å². The van der Waals surface area contributed by atoms with Gasteiger partial charge in [0.1, 0.15) is 10.2 Å². The second kappa shape index (κ2) is 3.97. The van der Waals surface area contributed by atoms with E-state index in [1.54, 1.807) is 0 Å². The molecule has 1 rings (SSSR count). The lowest BCUT2D eigenvalue weighted by atomic mass is 10.3. The van der Waals surface area contributed by atoms with Crippen molar-refractivity contribution in [1.29, 1.82) is 0 Å². The van der Waals surface area contributed by atoms with Gasteiger partial charge in [-0.05, 0) is 22.0 Å². The summed E-state index contributed by atoms with van der Waals surface area (Å²) in [6, 6.07) is 2.87. The Morgan fingerprint density at radius 2 is 2.23 bits per heavy atom. The Morgan fingerprint density at radius 3 is 2.69 bits per heavy atom. The minimum absolute atomic E-state index is 0.0224. The number of ether oxygens (including phenoxy) is 1. The summed E-state index contributed by atoms with van der Waals surface area (Å²) in [5, 5.41) is 10.5. The molecule has 13 heavy (non-hydrogen) atoms. The third kappa shape index (κ3) is 1.94. The minimum Gasteiger partial charge on any atom is -0.496 e. The summed E-state index contributed by atoms with van der Waals surface area (Å²) < 4.78 is 5.27. The van der Waals surface area contributed by atoms with Gasteiger partial charge in [-0.2, -0.15) is 0 Å². The highest BCUT2D eigenvalue weighted by atomic mass is 79.9. The zero-order chi connectivity index (χ0) is 10.0. The van der Waals surface area contributed by atoms with Crippen LogP contribution in [0.15, 0.2) is 21.5 Å². The number of thiol groups is 1. The topological polar surface area (TPSA) is 52.4 Å². The first-order valence-corrected chi connectivity index (χ1v) is 4.51. The van der Waals surface area contributed by atoms with Gasteiger partial charge in [0.2, 0.25) is 0 Å². The fourth-order valence-corrected chi connectivity index (χ4v) is 1.59. The Bertz CT molecular complexity index is 356. The summed E-state index contributed by atoms with van der Waals surface area (Å²) in [6.45, 7) is 0. The van der Waals surface area contributed by atoms with E-state index < -0.39 is 4.92 Å². The van der Waals surface area contributed by atoms with E-state index in [0.29, 0.717) is 15.1 Å². The monoisotopic (exact) mass is 263 g/mol. The van der Waals surface area contributed by atoms with Crippen LogP contribution in [-0.2, 0) is 0 Å². The van der Waals surface area contributed by atoms with Gasteiger partial charge in [0.15, 0.2) is 0 Å². The van der Waals surface area contributed by atoms with Gasteiger partial charge in [-0.1, -0.05) is 0 Å². The van der Waals surface area contributed by atoms with Crippen LogP contribution in [0.2, 0.25) is 0 Å². The molecule has 6 heteroatoms. The Labute approximate surface area is 88.6 Å². The van der Waals surface area contributed by atoms with Crippen molar-refractivity contribution in [1.82, 2.24) is 0 Å². The number of rotatable bonds is 2. The molecule has 0 amide bonds. The second-order valence-electron chi connectivity index (χ2n) is 2.21. The summed E-state index contributed by atoms with van der Waals surface area (Å²) >= 11 is 7.15. The van der Waals surface area contributed by atoms with Crippen LogP contribution in [0, 0.1) is 10.1 Å². The molecule has 0 bridgehead atoms. The van der Waals surface area contributed by atoms with Crippen molar-refractivity contribution < 1.29 is 9.66 Å². The van der Waals surface area contributed by atoms with Crippen LogP contribution in [0.3, 0.4) is 0 Å². The van der Waals surface area contributed by atoms with E-state index >= 15 is 0 Å². The van der Waals surface area contributed by atoms with Crippen LogP contribution in [-0.4, -0.2) is 12.0 Å². The van der Waals surface area contributed by atoms with Crippen molar-refractivity contribution in [2.75, 3.05) is 7.11 Å². The highest BCUT2D eigenvalue weighted by Crippen LogP contribution is 2.37. The SMILES string of the molecule is COc1ccc([N+](=O)[O-])c(Br)c1S. The van der Waals surface area contributed by atoms with Gasteiger partial charge >= 0.3 is 0 Å². The van der Waals surface area contributed by atoms with Crippen molar-refractivity contribution >= 4 is 34.2 Å². The molecule has 1 aromatic carbocycles. The van der Waals surface area contributed by atoms with E-state index in [-0.39, 0.29) is 5.69 Å². The first kappa shape index (κ1) is 10.3. The molecule has 4 nitrogen and oxygen atoms in total. The molecule has 0 fully saturated rings. The molecule has 0 atom stereocenters. The number of hydrogen-bond acceptors (Lipinski definition) is 4. The minimum atomic E-state index is -0.483. The Balaban J connectivity index is 3.31. The fourth-order valence-electron chi connectivity index (χ4n) is 0.842. The zero-order valence-corrected chi connectivity index (χ0v) is 9.13. The first-order chi connectivity index (χ1) is 6.07. The van der Waals surface area contributed by atoms with Gasteiger partial charge in [0.05, 0.1) is 16.9 Å². The number of nitro benzene ring substituents is 1. The quantitative estimate of drug-likeness (QED) is 0.507. The number of halogens is 1. The first-order valence-electron chi connectivity index (χ1n) is 3.27. The Kier molecular flexibility index (Phi) is 3.16. The molecule has 0 heterocycles. The predicted octanol–water partition coefficient (Wildman–Crippen LogP) is 2.65. The third-order valence-electron chi connectivity index (χ3n) is 1.48. The lowest BCUT2D eigenvalue weighted by Gasteiger charge is -2.04. The van der Waals surface area contributed by atoms with Crippen LogP contribution in [0.5, 0.6) is 5.75 Å². The molecule has 70 valence electrons. The molecule has 0 aliphatic heterocycles. The van der Waals surface area contributed by atoms with Crippen molar-refractivity contribution in [3.05, 3.63) is 26.7 Å². The molecule has 0 spiro atoms. The second-order valence-corrected chi connectivity index (χ2v) is 3.45. The largest absolute Gasteiger partial charge is 0.496 e. The molecule has 0 radical (unpaired) electrons. The summed E-state index contributed by atoms with van der Waals surface area (Å²) in [7, 11) is 1.48. The van der Waals surface area contributed by atoms with Crippen LogP contribution >= 0.6 is 28.6 Å². The molecule has 0 N–H and O–H groups in total. The van der Waals surface area contributed by atoms with Gasteiger partial charge in [-0.15, -0.1) is 12.6 Å². The van der Waals surface area contributed by atoms with Crippen LogP contribution < -0.4 is 4.74 Å². The van der Waals surface area contributed by atoms with Crippen LogP contribution in [0.1, 0.15) is 0 Å². The van der Waals surface area contributed by atoms with Crippen molar-refractivity contribution in [3.63, 3.8) is 0 Å². The number of nitrogens with zero attached hydrogens (tertiary/aromatic N) is 1. The van der Waals surface area contributed by atoms with Gasteiger partial charge in [0, 0.05) is 6.07 Å². The van der Waals surface area contributed by atoms with Crippen LogP contribution in [0.4, 0.5) is 5.69 Å². The lowest BCUT2D eigenvalue weighted by molar-refractivity contribution is -0.385. The van der Waals surface area contributed by atoms with E-state index in [1.165, 1.54) is 19.2 Å². The fraction of sp³-hybridized carbons (Fsp3) is 0.143. The van der Waals surface area contributed by atoms with Crippen LogP contribution in [0.25, 0.3) is 0 Å². The molecular formula is C7H6BrNO3S. The van der Waals surface area contributed by atoms with Crippen molar-refractivity contribution in [2.45, 2.75) is 4.90 Å². The highest BCUT2D eigenvalue weighted by Gasteiger charge is 2.16. The number of nitro groups is 1. The molecule has 0 saturated carbocycles.